The van der Waals surface area contributed by atoms with E-state index in [-0.39, 0.29) is 34.5 Å². The lowest BCUT2D eigenvalue weighted by Crippen LogP contribution is -2.37. The summed E-state index contributed by atoms with van der Waals surface area (Å²) in [6.45, 7) is 5.75. The topological polar surface area (TPSA) is 96.0 Å². The highest BCUT2D eigenvalue weighted by atomic mass is 35.5. The minimum absolute atomic E-state index is 0.0319. The van der Waals surface area contributed by atoms with Gasteiger partial charge in [0.2, 0.25) is 0 Å². The van der Waals surface area contributed by atoms with Crippen LogP contribution in [0.5, 0.6) is 0 Å². The minimum atomic E-state index is -0.744. The van der Waals surface area contributed by atoms with Gasteiger partial charge in [-0.25, -0.2) is 9.69 Å². The molecule has 2 aromatic carbocycles. The number of carbonyl (C=O) groups excluding carboxylic acids is 4. The first kappa shape index (κ1) is 25.4. The largest absolute Gasteiger partial charge is 0.462 e. The van der Waals surface area contributed by atoms with Crippen LogP contribution in [-0.4, -0.2) is 48.3 Å². The van der Waals surface area contributed by atoms with Crippen LogP contribution < -0.4 is 10.2 Å². The molecule has 0 radical (unpaired) electrons. The van der Waals surface area contributed by atoms with E-state index in [0.29, 0.717) is 23.6 Å². The van der Waals surface area contributed by atoms with Gasteiger partial charge in [0.25, 0.3) is 17.7 Å². The van der Waals surface area contributed by atoms with Crippen LogP contribution in [-0.2, 0) is 14.3 Å². The predicted molar refractivity (Wildman–Crippen MR) is 137 cm³/mol. The number of para-hydroxylation sites is 1. The molecule has 2 heterocycles. The van der Waals surface area contributed by atoms with E-state index < -0.39 is 17.8 Å². The van der Waals surface area contributed by atoms with Gasteiger partial charge in [0.15, 0.2) is 0 Å². The Balaban J connectivity index is 1.50. The minimum Gasteiger partial charge on any atom is -0.462 e. The number of rotatable bonds is 7. The molecular formula is C27H28ClN3O5. The molecule has 0 bridgehead atoms. The number of esters is 1. The number of hydrogen-bond acceptors (Lipinski definition) is 6. The van der Waals surface area contributed by atoms with E-state index in [1.165, 1.54) is 12.1 Å². The maximum atomic E-state index is 13.2. The molecular weight excluding hydrogens is 482 g/mol. The number of carbonyl (C=O) groups is 4. The maximum Gasteiger partial charge on any atom is 0.340 e. The number of hydrogen-bond donors (Lipinski definition) is 1. The molecule has 4 rings (SSSR count). The van der Waals surface area contributed by atoms with Gasteiger partial charge in [-0.15, -0.1) is 0 Å². The normalized spacial score (nSPS) is 16.5. The number of anilines is 2. The Hall–Kier alpha value is -3.65. The quantitative estimate of drug-likeness (QED) is 0.434. The van der Waals surface area contributed by atoms with Crippen LogP contribution in [0.3, 0.4) is 0 Å². The van der Waals surface area contributed by atoms with Gasteiger partial charge in [-0.3, -0.25) is 14.4 Å². The standard InChI is InChI=1S/C27H28ClN3O5/c1-3-16-36-27(35)20-6-4-5-7-21(20)31-25(33)22(28)23(26(31)34)29-19-10-8-18(9-11-19)24(32)30-14-12-17(2)13-15-30/h4-11,17,29H,3,12-16H2,1-2H3. The third-order valence-electron chi connectivity index (χ3n) is 6.30. The van der Waals surface area contributed by atoms with Crippen LogP contribution >= 0.6 is 11.6 Å². The van der Waals surface area contributed by atoms with Gasteiger partial charge in [0.1, 0.15) is 10.7 Å². The smallest absolute Gasteiger partial charge is 0.340 e. The molecule has 1 N–H and O–H groups in total. The lowest BCUT2D eigenvalue weighted by atomic mass is 9.98. The highest BCUT2D eigenvalue weighted by Crippen LogP contribution is 2.32. The van der Waals surface area contributed by atoms with Gasteiger partial charge in [0.05, 0.1) is 17.9 Å². The second-order valence-electron chi connectivity index (χ2n) is 8.96. The van der Waals surface area contributed by atoms with E-state index in [9.17, 15) is 19.2 Å². The number of ether oxygens (including phenoxy) is 1. The fourth-order valence-electron chi connectivity index (χ4n) is 4.18. The van der Waals surface area contributed by atoms with Gasteiger partial charge in [0, 0.05) is 24.3 Å². The first-order valence-electron chi connectivity index (χ1n) is 12.0. The highest BCUT2D eigenvalue weighted by molar-refractivity contribution is 6.53. The van der Waals surface area contributed by atoms with Gasteiger partial charge >= 0.3 is 5.97 Å². The molecule has 2 aliphatic rings. The number of imide groups is 1. The van der Waals surface area contributed by atoms with Crippen molar-refractivity contribution < 1.29 is 23.9 Å². The zero-order valence-electron chi connectivity index (χ0n) is 20.3. The van der Waals surface area contributed by atoms with Crippen molar-refractivity contribution in [1.29, 1.82) is 0 Å². The van der Waals surface area contributed by atoms with E-state index in [1.54, 1.807) is 36.4 Å². The van der Waals surface area contributed by atoms with Gasteiger partial charge in [-0.05, 0) is 61.6 Å². The summed E-state index contributed by atoms with van der Waals surface area (Å²) >= 11 is 6.26. The fraction of sp³-hybridized carbons (Fsp3) is 0.333. The molecule has 188 valence electrons. The number of nitrogens with zero attached hydrogens (tertiary/aromatic N) is 2. The van der Waals surface area contributed by atoms with Crippen LogP contribution in [0.2, 0.25) is 0 Å². The van der Waals surface area contributed by atoms with Crippen molar-refractivity contribution in [2.24, 2.45) is 5.92 Å². The molecule has 36 heavy (non-hydrogen) atoms. The molecule has 8 nitrogen and oxygen atoms in total. The Kier molecular flexibility index (Phi) is 7.74. The average molecular weight is 510 g/mol. The van der Waals surface area contributed by atoms with E-state index in [1.807, 2.05) is 11.8 Å². The molecule has 0 spiro atoms. The van der Waals surface area contributed by atoms with E-state index in [2.05, 4.69) is 12.2 Å². The lowest BCUT2D eigenvalue weighted by Gasteiger charge is -2.30. The van der Waals surface area contributed by atoms with Crippen LogP contribution in [0.15, 0.2) is 59.3 Å². The summed E-state index contributed by atoms with van der Waals surface area (Å²) in [5.41, 5.74) is 1.12. The molecule has 0 saturated carbocycles. The number of likely N-dealkylation sites (tertiary alicyclic amines) is 1. The summed E-state index contributed by atoms with van der Waals surface area (Å²) in [6, 6.07) is 12.9. The van der Waals surface area contributed by atoms with Crippen molar-refractivity contribution >= 4 is 46.7 Å². The molecule has 1 fully saturated rings. The third kappa shape index (κ3) is 5.14. The molecule has 1 saturated heterocycles. The Labute approximate surface area is 214 Å². The Morgan fingerprint density at radius 1 is 1.03 bits per heavy atom. The summed E-state index contributed by atoms with van der Waals surface area (Å²) < 4.78 is 5.20. The van der Waals surface area contributed by atoms with Crippen molar-refractivity contribution in [3.63, 3.8) is 0 Å². The molecule has 0 unspecified atom stereocenters. The monoisotopic (exact) mass is 509 g/mol. The second-order valence-corrected chi connectivity index (χ2v) is 9.34. The molecule has 3 amide bonds. The molecule has 9 heteroatoms. The van der Waals surface area contributed by atoms with Gasteiger partial charge in [-0.2, -0.15) is 0 Å². The number of halogens is 1. The first-order chi connectivity index (χ1) is 17.3. The van der Waals surface area contributed by atoms with E-state index in [0.717, 1.165) is 30.8 Å². The summed E-state index contributed by atoms with van der Waals surface area (Å²) in [5.74, 6) is -1.47. The molecule has 0 atom stereocenters. The van der Waals surface area contributed by atoms with E-state index in [4.69, 9.17) is 16.3 Å². The first-order valence-corrected chi connectivity index (χ1v) is 12.4. The summed E-state index contributed by atoms with van der Waals surface area (Å²) in [4.78, 5) is 54.1. The Morgan fingerprint density at radius 2 is 1.69 bits per heavy atom. The van der Waals surface area contributed by atoms with Crippen LogP contribution in [0.4, 0.5) is 11.4 Å². The predicted octanol–water partition coefficient (Wildman–Crippen LogP) is 4.56. The van der Waals surface area contributed by atoms with Crippen molar-refractivity contribution in [3.05, 3.63) is 70.4 Å². The second kappa shape index (κ2) is 11.0. The average Bonchev–Trinajstić information content (AvgIpc) is 3.10. The summed E-state index contributed by atoms with van der Waals surface area (Å²) in [5, 5.41) is 2.61. The lowest BCUT2D eigenvalue weighted by molar-refractivity contribution is -0.120. The number of benzene rings is 2. The number of amides is 3. The van der Waals surface area contributed by atoms with Crippen molar-refractivity contribution in [2.75, 3.05) is 29.9 Å². The molecule has 0 aliphatic carbocycles. The van der Waals surface area contributed by atoms with Crippen LogP contribution in [0.1, 0.15) is 53.8 Å². The highest BCUT2D eigenvalue weighted by Gasteiger charge is 2.40. The third-order valence-corrected chi connectivity index (χ3v) is 6.65. The van der Waals surface area contributed by atoms with Crippen LogP contribution in [0.25, 0.3) is 0 Å². The van der Waals surface area contributed by atoms with Crippen LogP contribution in [0, 0.1) is 5.92 Å². The summed E-state index contributed by atoms with van der Waals surface area (Å²) in [7, 11) is 0. The Morgan fingerprint density at radius 3 is 2.36 bits per heavy atom. The number of piperidine rings is 1. The zero-order chi connectivity index (χ0) is 25.8. The maximum absolute atomic E-state index is 13.2. The van der Waals surface area contributed by atoms with Crippen molar-refractivity contribution in [2.45, 2.75) is 33.1 Å². The van der Waals surface area contributed by atoms with E-state index >= 15 is 0 Å². The SMILES string of the molecule is CCCOC(=O)c1ccccc1N1C(=O)C(Cl)=C(Nc2ccc(C(=O)N3CCC(C)CC3)cc2)C1=O. The molecule has 2 aromatic rings. The zero-order valence-corrected chi connectivity index (χ0v) is 21.0. The molecule has 2 aliphatic heterocycles. The fourth-order valence-corrected chi connectivity index (χ4v) is 4.39. The Bertz CT molecular complexity index is 1220. The van der Waals surface area contributed by atoms with Gasteiger partial charge in [-0.1, -0.05) is 37.6 Å². The molecule has 0 aromatic heterocycles. The van der Waals surface area contributed by atoms with Gasteiger partial charge < -0.3 is 15.0 Å². The number of nitrogens with one attached hydrogen (secondary N) is 1. The summed E-state index contributed by atoms with van der Waals surface area (Å²) in [6.07, 6.45) is 2.62. The van der Waals surface area contributed by atoms with Crippen molar-refractivity contribution in [3.8, 4) is 0 Å². The van der Waals surface area contributed by atoms with Crippen molar-refractivity contribution in [1.82, 2.24) is 4.90 Å².